The van der Waals surface area contributed by atoms with Gasteiger partial charge in [-0.2, -0.15) is 0 Å². The second-order valence-electron chi connectivity index (χ2n) is 5.51. The van der Waals surface area contributed by atoms with E-state index in [9.17, 15) is 18.0 Å². The summed E-state index contributed by atoms with van der Waals surface area (Å²) in [7, 11) is -3.24. The zero-order valence-corrected chi connectivity index (χ0v) is 13.6. The predicted molar refractivity (Wildman–Crippen MR) is 82.0 cm³/mol. The zero-order chi connectivity index (χ0) is 17.0. The van der Waals surface area contributed by atoms with Crippen LogP contribution in [0.4, 0.5) is 0 Å². The predicted octanol–water partition coefficient (Wildman–Crippen LogP) is 0.792. The highest BCUT2D eigenvalue weighted by atomic mass is 32.2. The van der Waals surface area contributed by atoms with Crippen molar-refractivity contribution in [1.29, 1.82) is 0 Å². The van der Waals surface area contributed by atoms with E-state index in [0.29, 0.717) is 18.7 Å². The van der Waals surface area contributed by atoms with Crippen molar-refractivity contribution in [3.8, 4) is 5.75 Å². The van der Waals surface area contributed by atoms with Gasteiger partial charge in [-0.25, -0.2) is 8.42 Å². The average molecular weight is 341 g/mol. The number of rotatable bonds is 6. The van der Waals surface area contributed by atoms with Crippen LogP contribution in [0.3, 0.4) is 0 Å². The number of carboxylic acid groups (broad SMARTS) is 1. The lowest BCUT2D eigenvalue weighted by Gasteiger charge is -2.16. The minimum atomic E-state index is -3.24. The highest BCUT2D eigenvalue weighted by Gasteiger charge is 2.30. The number of carbonyl (C=O) groups excluding carboxylic acids is 1. The van der Waals surface area contributed by atoms with Crippen LogP contribution in [0.25, 0.3) is 0 Å². The van der Waals surface area contributed by atoms with Crippen LogP contribution in [0.15, 0.2) is 29.2 Å². The summed E-state index contributed by atoms with van der Waals surface area (Å²) < 4.78 is 28.1. The van der Waals surface area contributed by atoms with E-state index in [-0.39, 0.29) is 30.4 Å². The van der Waals surface area contributed by atoms with Gasteiger partial charge in [0.15, 0.2) is 9.84 Å². The van der Waals surface area contributed by atoms with Gasteiger partial charge < -0.3 is 14.7 Å². The van der Waals surface area contributed by atoms with Gasteiger partial charge in [-0.1, -0.05) is 0 Å². The number of aliphatic carboxylic acids is 1. The molecule has 0 bridgehead atoms. The maximum absolute atomic E-state index is 12.0. The molecule has 0 aromatic heterocycles. The van der Waals surface area contributed by atoms with Gasteiger partial charge in [0.1, 0.15) is 5.75 Å². The number of amides is 1. The van der Waals surface area contributed by atoms with E-state index in [1.807, 2.05) is 0 Å². The maximum atomic E-state index is 12.0. The van der Waals surface area contributed by atoms with Gasteiger partial charge in [-0.3, -0.25) is 9.59 Å². The van der Waals surface area contributed by atoms with E-state index >= 15 is 0 Å². The summed E-state index contributed by atoms with van der Waals surface area (Å²) in [6, 6.07) is 5.98. The number of carboxylic acids is 1. The Morgan fingerprint density at radius 2 is 1.96 bits per heavy atom. The summed E-state index contributed by atoms with van der Waals surface area (Å²) in [6.45, 7) is 0.862. The van der Waals surface area contributed by atoms with Crippen LogP contribution in [0.1, 0.15) is 12.8 Å². The highest BCUT2D eigenvalue weighted by molar-refractivity contribution is 7.90. The van der Waals surface area contributed by atoms with E-state index in [1.165, 1.54) is 29.2 Å². The molecule has 1 aliphatic heterocycles. The lowest BCUT2D eigenvalue weighted by atomic mass is 10.1. The van der Waals surface area contributed by atoms with Crippen LogP contribution in [-0.2, 0) is 19.4 Å². The van der Waals surface area contributed by atoms with Crippen molar-refractivity contribution in [2.24, 2.45) is 5.92 Å². The van der Waals surface area contributed by atoms with Gasteiger partial charge in [-0.05, 0) is 30.7 Å². The molecule has 1 unspecified atom stereocenters. The standard InChI is InChI=1S/C15H19NO6S/c1-23(20,21)13-4-2-12(3-5-13)22-9-7-14(17)16-8-6-11(10-16)15(18)19/h2-5,11H,6-10H2,1H3,(H,18,19). The minimum absolute atomic E-state index is 0.137. The Balaban J connectivity index is 1.79. The highest BCUT2D eigenvalue weighted by Crippen LogP contribution is 2.18. The summed E-state index contributed by atoms with van der Waals surface area (Å²) in [4.78, 5) is 24.6. The summed E-state index contributed by atoms with van der Waals surface area (Å²) in [6.07, 6.45) is 1.76. The molecule has 0 saturated carbocycles. The summed E-state index contributed by atoms with van der Waals surface area (Å²) in [5.41, 5.74) is 0. The number of hydrogen-bond acceptors (Lipinski definition) is 5. The van der Waals surface area contributed by atoms with Crippen LogP contribution in [0, 0.1) is 5.92 Å². The molecule has 8 heteroatoms. The Kier molecular flexibility index (Phi) is 5.25. The number of ether oxygens (including phenoxy) is 1. The molecule has 126 valence electrons. The van der Waals surface area contributed by atoms with Crippen molar-refractivity contribution >= 4 is 21.7 Å². The fraction of sp³-hybridized carbons (Fsp3) is 0.467. The van der Waals surface area contributed by atoms with Crippen LogP contribution >= 0.6 is 0 Å². The fourth-order valence-electron chi connectivity index (χ4n) is 2.39. The molecule has 0 spiro atoms. The lowest BCUT2D eigenvalue weighted by molar-refractivity contribution is -0.141. The third-order valence-electron chi connectivity index (χ3n) is 3.73. The van der Waals surface area contributed by atoms with Crippen molar-refractivity contribution in [2.75, 3.05) is 26.0 Å². The molecule has 0 radical (unpaired) electrons. The Labute approximate surface area is 134 Å². The van der Waals surface area contributed by atoms with Gasteiger partial charge in [0.2, 0.25) is 5.91 Å². The van der Waals surface area contributed by atoms with Gasteiger partial charge in [0, 0.05) is 19.3 Å². The molecular formula is C15H19NO6S. The molecule has 0 aliphatic carbocycles. The minimum Gasteiger partial charge on any atom is -0.493 e. The fourth-order valence-corrected chi connectivity index (χ4v) is 3.02. The van der Waals surface area contributed by atoms with Crippen LogP contribution < -0.4 is 4.74 Å². The molecule has 7 nitrogen and oxygen atoms in total. The largest absolute Gasteiger partial charge is 0.493 e. The van der Waals surface area contributed by atoms with Gasteiger partial charge >= 0.3 is 5.97 Å². The Morgan fingerprint density at radius 3 is 2.48 bits per heavy atom. The van der Waals surface area contributed by atoms with E-state index in [4.69, 9.17) is 9.84 Å². The third kappa shape index (κ3) is 4.69. The quantitative estimate of drug-likeness (QED) is 0.821. The molecule has 1 fully saturated rings. The van der Waals surface area contributed by atoms with Crippen molar-refractivity contribution in [1.82, 2.24) is 4.90 Å². The first-order chi connectivity index (χ1) is 10.8. The molecular weight excluding hydrogens is 322 g/mol. The molecule has 2 rings (SSSR count). The van der Waals surface area contributed by atoms with E-state index in [1.54, 1.807) is 0 Å². The number of hydrogen-bond donors (Lipinski definition) is 1. The van der Waals surface area contributed by atoms with E-state index in [2.05, 4.69) is 0 Å². The molecule has 1 heterocycles. The molecule has 1 saturated heterocycles. The second kappa shape index (κ2) is 6.99. The summed E-state index contributed by atoms with van der Waals surface area (Å²) in [5, 5.41) is 8.91. The van der Waals surface area contributed by atoms with E-state index < -0.39 is 21.7 Å². The smallest absolute Gasteiger partial charge is 0.308 e. The molecule has 1 N–H and O–H groups in total. The van der Waals surface area contributed by atoms with Crippen LogP contribution in [0.2, 0.25) is 0 Å². The molecule has 1 atom stereocenters. The maximum Gasteiger partial charge on any atom is 0.308 e. The molecule has 1 amide bonds. The molecule has 1 aromatic rings. The molecule has 1 aliphatic rings. The number of nitrogens with zero attached hydrogens (tertiary/aromatic N) is 1. The normalized spacial score (nSPS) is 18.0. The van der Waals surface area contributed by atoms with Gasteiger partial charge in [0.05, 0.1) is 23.8 Å². The SMILES string of the molecule is CS(=O)(=O)c1ccc(OCCC(=O)N2CCC(C(=O)O)C2)cc1. The number of sulfone groups is 1. The average Bonchev–Trinajstić information content (AvgIpc) is 2.97. The second-order valence-corrected chi connectivity index (χ2v) is 7.52. The Morgan fingerprint density at radius 1 is 1.30 bits per heavy atom. The van der Waals surface area contributed by atoms with E-state index in [0.717, 1.165) is 6.26 Å². The number of likely N-dealkylation sites (tertiary alicyclic amines) is 1. The number of benzene rings is 1. The van der Waals surface area contributed by atoms with Gasteiger partial charge in [0.25, 0.3) is 0 Å². The van der Waals surface area contributed by atoms with Crippen molar-refractivity contribution in [3.63, 3.8) is 0 Å². The van der Waals surface area contributed by atoms with Gasteiger partial charge in [-0.15, -0.1) is 0 Å². The summed E-state index contributed by atoms with van der Waals surface area (Å²) >= 11 is 0. The number of carbonyl (C=O) groups is 2. The zero-order valence-electron chi connectivity index (χ0n) is 12.8. The Bertz CT molecular complexity index is 682. The van der Waals surface area contributed by atoms with Crippen LogP contribution in [0.5, 0.6) is 5.75 Å². The van der Waals surface area contributed by atoms with Crippen molar-refractivity contribution in [2.45, 2.75) is 17.7 Å². The first-order valence-corrected chi connectivity index (χ1v) is 9.10. The molecule has 23 heavy (non-hydrogen) atoms. The Hall–Kier alpha value is -2.09. The van der Waals surface area contributed by atoms with Crippen molar-refractivity contribution < 1.29 is 27.9 Å². The first kappa shape index (κ1) is 17.3. The third-order valence-corrected chi connectivity index (χ3v) is 4.86. The van der Waals surface area contributed by atoms with Crippen molar-refractivity contribution in [3.05, 3.63) is 24.3 Å². The lowest BCUT2D eigenvalue weighted by Crippen LogP contribution is -2.30. The summed E-state index contributed by atoms with van der Waals surface area (Å²) in [5.74, 6) is -1.01. The first-order valence-electron chi connectivity index (χ1n) is 7.21. The molecule has 1 aromatic carbocycles. The topological polar surface area (TPSA) is 101 Å². The van der Waals surface area contributed by atoms with Crippen LogP contribution in [-0.4, -0.2) is 56.3 Å². The monoisotopic (exact) mass is 341 g/mol.